The lowest BCUT2D eigenvalue weighted by molar-refractivity contribution is -0.219. The molecule has 6 aromatic rings. The molecule has 0 saturated carbocycles. The fourth-order valence-corrected chi connectivity index (χ4v) is 5.41. The molecule has 4 nitrogen and oxygen atoms in total. The van der Waals surface area contributed by atoms with Gasteiger partial charge in [0.1, 0.15) is 23.0 Å². The summed E-state index contributed by atoms with van der Waals surface area (Å²) in [6.07, 6.45) is -5.29. The first kappa shape index (κ1) is 34.4. The highest BCUT2D eigenvalue weighted by Crippen LogP contribution is 2.48. The van der Waals surface area contributed by atoms with Crippen LogP contribution in [0.5, 0.6) is 23.0 Å². The molecule has 0 unspecified atom stereocenters. The molecule has 0 heterocycles. The molecule has 0 aliphatic carbocycles. The van der Waals surface area contributed by atoms with E-state index in [9.17, 15) is 22.8 Å². The quantitative estimate of drug-likeness (QED) is 0.105. The SMILES string of the molecule is O=C(c1ccc(Cl)cc1)c1ccc(Oc2ccc(C(F)(c3ccc(Oc4ccc(C(=O)c5ccc(Cl)cc5)cc4)cc3)C(F)(F)F)cc2)cc1. The van der Waals surface area contributed by atoms with Crippen molar-refractivity contribution in [2.45, 2.75) is 11.8 Å². The fraction of sp³-hybridized carbons (Fsp3) is 0.0500. The van der Waals surface area contributed by atoms with Crippen LogP contribution in [0.1, 0.15) is 43.0 Å². The van der Waals surface area contributed by atoms with Gasteiger partial charge in [0.2, 0.25) is 0 Å². The Bertz CT molecular complexity index is 1970. The Hall–Kier alpha value is -5.44. The van der Waals surface area contributed by atoms with Crippen LogP contribution in [-0.4, -0.2) is 17.7 Å². The zero-order chi connectivity index (χ0) is 35.5. The number of ether oxygens (including phenoxy) is 2. The van der Waals surface area contributed by atoms with Gasteiger partial charge in [-0.1, -0.05) is 47.5 Å². The van der Waals surface area contributed by atoms with Crippen molar-refractivity contribution in [1.29, 1.82) is 0 Å². The summed E-state index contributed by atoms with van der Waals surface area (Å²) in [5.74, 6) is 0.541. The first-order valence-electron chi connectivity index (χ1n) is 15.0. The normalized spacial score (nSPS) is 11.6. The Morgan fingerprint density at radius 3 is 0.900 bits per heavy atom. The van der Waals surface area contributed by atoms with Crippen molar-refractivity contribution in [2.24, 2.45) is 0 Å². The maximum absolute atomic E-state index is 16.2. The number of hydrogen-bond donors (Lipinski definition) is 0. The smallest absolute Gasteiger partial charge is 0.431 e. The van der Waals surface area contributed by atoms with E-state index in [4.69, 9.17) is 32.7 Å². The molecule has 0 bridgehead atoms. The molecule has 0 saturated heterocycles. The monoisotopic (exact) mass is 714 g/mol. The van der Waals surface area contributed by atoms with Gasteiger partial charge >= 0.3 is 6.18 Å². The molecule has 0 fully saturated rings. The molecule has 6 aromatic carbocycles. The van der Waals surface area contributed by atoms with Gasteiger partial charge in [-0.15, -0.1) is 0 Å². The Morgan fingerprint density at radius 1 is 0.400 bits per heavy atom. The summed E-state index contributed by atoms with van der Waals surface area (Å²) in [5, 5.41) is 1.01. The van der Waals surface area contributed by atoms with Crippen LogP contribution in [-0.2, 0) is 5.67 Å². The second kappa shape index (κ2) is 14.2. The molecule has 0 atom stereocenters. The molecule has 0 amide bonds. The molecule has 0 aliphatic rings. The molecule has 10 heteroatoms. The van der Waals surface area contributed by atoms with E-state index in [1.165, 1.54) is 24.3 Å². The van der Waals surface area contributed by atoms with E-state index in [1.54, 1.807) is 97.1 Å². The highest BCUT2D eigenvalue weighted by molar-refractivity contribution is 6.31. The van der Waals surface area contributed by atoms with Gasteiger partial charge < -0.3 is 9.47 Å². The van der Waals surface area contributed by atoms with E-state index >= 15 is 4.39 Å². The van der Waals surface area contributed by atoms with Gasteiger partial charge in [0.05, 0.1) is 0 Å². The third kappa shape index (κ3) is 7.42. The summed E-state index contributed by atoms with van der Waals surface area (Å²) in [6.45, 7) is 0. The molecule has 6 rings (SSSR count). The van der Waals surface area contributed by atoms with E-state index in [-0.39, 0.29) is 23.1 Å². The largest absolute Gasteiger partial charge is 0.457 e. The van der Waals surface area contributed by atoms with Crippen LogP contribution in [0, 0.1) is 0 Å². The number of carbonyl (C=O) groups excluding carboxylic acids is 2. The maximum Gasteiger partial charge on any atom is 0.431 e. The van der Waals surface area contributed by atoms with Gasteiger partial charge in [0, 0.05) is 43.4 Å². The van der Waals surface area contributed by atoms with Gasteiger partial charge in [-0.05, 0) is 121 Å². The summed E-state index contributed by atoms with van der Waals surface area (Å²) in [5.41, 5.74) is -3.41. The molecule has 0 aromatic heterocycles. The average molecular weight is 716 g/mol. The van der Waals surface area contributed by atoms with Gasteiger partial charge in [-0.3, -0.25) is 9.59 Å². The highest BCUT2D eigenvalue weighted by atomic mass is 35.5. The van der Waals surface area contributed by atoms with E-state index < -0.39 is 23.0 Å². The van der Waals surface area contributed by atoms with Crippen LogP contribution in [0.2, 0.25) is 10.0 Å². The molecule has 0 N–H and O–H groups in total. The molecule has 0 radical (unpaired) electrons. The minimum atomic E-state index is -5.29. The molecular formula is C40H24Cl2F4O4. The Kier molecular flexibility index (Phi) is 9.77. The number of rotatable bonds is 10. The van der Waals surface area contributed by atoms with Crippen molar-refractivity contribution in [1.82, 2.24) is 0 Å². The number of benzene rings is 6. The van der Waals surface area contributed by atoms with Crippen molar-refractivity contribution in [3.05, 3.63) is 189 Å². The minimum Gasteiger partial charge on any atom is -0.457 e. The van der Waals surface area contributed by atoms with Crippen LogP contribution in [0.3, 0.4) is 0 Å². The average Bonchev–Trinajstić information content (AvgIpc) is 3.12. The Morgan fingerprint density at radius 2 is 0.640 bits per heavy atom. The number of hydrogen-bond acceptors (Lipinski definition) is 4. The standard InChI is InChI=1S/C40H24Cl2F4O4/c41-31-13-1-25(2-14-31)37(47)27-5-17-33(18-6-27)49-35-21-9-29(10-22-35)39(43,40(44,45)46)30-11-23-36(24-12-30)50-34-19-7-28(8-20-34)38(48)26-3-15-32(42)16-4-26/h1-24H. The summed E-state index contributed by atoms with van der Waals surface area (Å²) < 4.78 is 70.7. The maximum atomic E-state index is 16.2. The molecule has 0 aliphatic heterocycles. The summed E-state index contributed by atoms with van der Waals surface area (Å²) in [7, 11) is 0. The summed E-state index contributed by atoms with van der Waals surface area (Å²) >= 11 is 11.8. The van der Waals surface area contributed by atoms with Crippen molar-refractivity contribution in [3.8, 4) is 23.0 Å². The minimum absolute atomic E-state index is 0.166. The van der Waals surface area contributed by atoms with E-state index in [2.05, 4.69) is 0 Å². The van der Waals surface area contributed by atoms with Crippen LogP contribution in [0.25, 0.3) is 0 Å². The number of alkyl halides is 4. The first-order valence-corrected chi connectivity index (χ1v) is 15.8. The van der Waals surface area contributed by atoms with Gasteiger partial charge in [0.15, 0.2) is 11.6 Å². The predicted molar refractivity (Wildman–Crippen MR) is 184 cm³/mol. The zero-order valence-corrected chi connectivity index (χ0v) is 27.3. The predicted octanol–water partition coefficient (Wildman–Crippen LogP) is 11.8. The second-order valence-corrected chi connectivity index (χ2v) is 12.0. The topological polar surface area (TPSA) is 52.6 Å². The summed E-state index contributed by atoms with van der Waals surface area (Å²) in [4.78, 5) is 25.4. The number of carbonyl (C=O) groups is 2. The lowest BCUT2D eigenvalue weighted by atomic mass is 9.87. The number of ketones is 2. The van der Waals surface area contributed by atoms with Crippen LogP contribution >= 0.6 is 23.2 Å². The van der Waals surface area contributed by atoms with Crippen molar-refractivity contribution in [3.63, 3.8) is 0 Å². The molecule has 50 heavy (non-hydrogen) atoms. The Labute approximate surface area is 294 Å². The van der Waals surface area contributed by atoms with Crippen LogP contribution in [0.4, 0.5) is 17.6 Å². The van der Waals surface area contributed by atoms with Crippen LogP contribution < -0.4 is 9.47 Å². The third-order valence-corrected chi connectivity index (χ3v) is 8.32. The third-order valence-electron chi connectivity index (χ3n) is 7.81. The fourth-order valence-electron chi connectivity index (χ4n) is 5.16. The van der Waals surface area contributed by atoms with E-state index in [0.29, 0.717) is 43.8 Å². The van der Waals surface area contributed by atoms with E-state index in [0.717, 1.165) is 24.3 Å². The van der Waals surface area contributed by atoms with Crippen LogP contribution in [0.15, 0.2) is 146 Å². The Balaban J connectivity index is 1.13. The lowest BCUT2D eigenvalue weighted by Crippen LogP contribution is -2.39. The van der Waals surface area contributed by atoms with Gasteiger partial charge in [-0.2, -0.15) is 13.2 Å². The second-order valence-electron chi connectivity index (χ2n) is 11.1. The highest BCUT2D eigenvalue weighted by Gasteiger charge is 2.58. The molecule has 250 valence electrons. The number of halogens is 6. The van der Waals surface area contributed by atoms with Crippen molar-refractivity contribution >= 4 is 34.8 Å². The molecular weight excluding hydrogens is 691 g/mol. The van der Waals surface area contributed by atoms with E-state index in [1.807, 2.05) is 0 Å². The van der Waals surface area contributed by atoms with Crippen molar-refractivity contribution in [2.75, 3.05) is 0 Å². The lowest BCUT2D eigenvalue weighted by Gasteiger charge is -2.29. The molecule has 0 spiro atoms. The van der Waals surface area contributed by atoms with Gasteiger partial charge in [-0.25, -0.2) is 4.39 Å². The first-order chi connectivity index (χ1) is 23.9. The van der Waals surface area contributed by atoms with Gasteiger partial charge in [0.25, 0.3) is 5.67 Å². The zero-order valence-electron chi connectivity index (χ0n) is 25.8. The van der Waals surface area contributed by atoms with Crippen molar-refractivity contribution < 1.29 is 36.6 Å². The summed E-state index contributed by atoms with van der Waals surface area (Å²) in [6, 6.07) is 34.3.